The van der Waals surface area contributed by atoms with Crippen molar-refractivity contribution in [3.05, 3.63) is 176 Å². The van der Waals surface area contributed by atoms with Crippen molar-refractivity contribution in [3.63, 3.8) is 0 Å². The molecule has 57 heavy (non-hydrogen) atoms. The Morgan fingerprint density at radius 1 is 0.316 bits per heavy atom. The average molecular weight is 748 g/mol. The normalized spacial score (nSPS) is 11.9. The number of nitrogens with zero attached hydrogens (tertiary/aromatic N) is 3. The summed E-state index contributed by atoms with van der Waals surface area (Å²) in [6.45, 7) is 0. The molecule has 0 atom stereocenters. The first-order chi connectivity index (χ1) is 28.2. The summed E-state index contributed by atoms with van der Waals surface area (Å²) in [5, 5.41) is 6.77. The van der Waals surface area contributed by atoms with Crippen LogP contribution in [0.5, 0.6) is 0 Å². The molecule has 0 N–H and O–H groups in total. The minimum absolute atomic E-state index is 0.645. The topological polar surface area (TPSA) is 65.0 Å². The largest absolute Gasteiger partial charge is 0.455 e. The van der Waals surface area contributed by atoms with E-state index in [0.29, 0.717) is 17.5 Å². The molecule has 0 aliphatic carbocycles. The van der Waals surface area contributed by atoms with Crippen LogP contribution < -0.4 is 0 Å². The summed E-state index contributed by atoms with van der Waals surface area (Å²) in [7, 11) is 0. The predicted molar refractivity (Wildman–Crippen MR) is 234 cm³/mol. The van der Waals surface area contributed by atoms with Gasteiger partial charge in [-0.05, 0) is 53.6 Å². The van der Waals surface area contributed by atoms with E-state index in [2.05, 4.69) is 91.0 Å². The zero-order valence-electron chi connectivity index (χ0n) is 30.3. The van der Waals surface area contributed by atoms with E-state index in [1.165, 1.54) is 20.2 Å². The fourth-order valence-corrected chi connectivity index (χ4v) is 9.32. The van der Waals surface area contributed by atoms with E-state index >= 15 is 0 Å². The Morgan fingerprint density at radius 2 is 0.877 bits per heavy atom. The van der Waals surface area contributed by atoms with Crippen molar-refractivity contribution in [1.82, 2.24) is 15.0 Å². The fourth-order valence-electron chi connectivity index (χ4n) is 8.19. The maximum absolute atomic E-state index is 6.65. The second kappa shape index (κ2) is 12.6. The van der Waals surface area contributed by atoms with Crippen LogP contribution in [0.2, 0.25) is 0 Å². The van der Waals surface area contributed by atoms with E-state index in [4.69, 9.17) is 23.8 Å². The van der Waals surface area contributed by atoms with Crippen molar-refractivity contribution in [2.45, 2.75) is 0 Å². The van der Waals surface area contributed by atoms with Crippen molar-refractivity contribution in [2.24, 2.45) is 0 Å². The van der Waals surface area contributed by atoms with Crippen LogP contribution in [0.4, 0.5) is 0 Å². The molecular weight excluding hydrogens is 719 g/mol. The Hall–Kier alpha value is -7.41. The van der Waals surface area contributed by atoms with Gasteiger partial charge in [-0.15, -0.1) is 11.3 Å². The van der Waals surface area contributed by atoms with Crippen LogP contribution in [0.25, 0.3) is 120 Å². The third-order valence-corrected chi connectivity index (χ3v) is 12.1. The van der Waals surface area contributed by atoms with Crippen LogP contribution in [-0.2, 0) is 0 Å². The number of thiophene rings is 1. The zero-order chi connectivity index (χ0) is 37.5. The van der Waals surface area contributed by atoms with E-state index < -0.39 is 0 Å². The van der Waals surface area contributed by atoms with Gasteiger partial charge in [0.25, 0.3) is 0 Å². The van der Waals surface area contributed by atoms with Crippen LogP contribution in [0.1, 0.15) is 0 Å². The van der Waals surface area contributed by atoms with Gasteiger partial charge in [-0.3, -0.25) is 0 Å². The third kappa shape index (κ3) is 5.19. The molecule has 266 valence electrons. The summed E-state index contributed by atoms with van der Waals surface area (Å²) < 4.78 is 15.6. The standard InChI is InChI=1S/C51H29N3O2S/c1-3-12-30(13-4-1)49-52-50(31-14-5-2-6-15-31)54-51(53-49)33-22-24-38-41-26-32(23-25-45(41)57-46(38)29-33)40-27-34(28-42-37-17-8-10-21-44(37)56-48(40)42)35-18-11-19-39-36-16-7-9-20-43(36)55-47(35)39/h1-29H. The highest BCUT2D eigenvalue weighted by molar-refractivity contribution is 7.25. The third-order valence-electron chi connectivity index (χ3n) is 10.9. The SMILES string of the molecule is c1ccc(-c2nc(-c3ccccc3)nc(-c3ccc4c(c3)sc3ccc(-c5cc(-c6cccc7c6oc6ccccc67)cc6c5oc5ccccc56)cc34)n2)cc1. The molecular formula is C51H29N3O2S. The van der Waals surface area contributed by atoms with Crippen molar-refractivity contribution < 1.29 is 8.83 Å². The second-order valence-electron chi connectivity index (χ2n) is 14.3. The lowest BCUT2D eigenvalue weighted by Crippen LogP contribution is -1.99. The lowest BCUT2D eigenvalue weighted by molar-refractivity contribution is 0.669. The van der Waals surface area contributed by atoms with E-state index in [1.54, 1.807) is 11.3 Å². The Labute approximate surface area is 330 Å². The van der Waals surface area contributed by atoms with E-state index in [9.17, 15) is 0 Å². The molecule has 0 radical (unpaired) electrons. The highest BCUT2D eigenvalue weighted by Gasteiger charge is 2.20. The minimum atomic E-state index is 0.645. The lowest BCUT2D eigenvalue weighted by Gasteiger charge is -2.09. The van der Waals surface area contributed by atoms with Gasteiger partial charge in [-0.1, -0.05) is 133 Å². The quantitative estimate of drug-likeness (QED) is 0.175. The monoisotopic (exact) mass is 747 g/mol. The second-order valence-corrected chi connectivity index (χ2v) is 15.4. The summed E-state index contributed by atoms with van der Waals surface area (Å²) in [6.07, 6.45) is 0. The van der Waals surface area contributed by atoms with Crippen LogP contribution >= 0.6 is 11.3 Å². The molecule has 6 heteroatoms. The molecule has 8 aromatic carbocycles. The lowest BCUT2D eigenvalue weighted by atomic mass is 9.94. The van der Waals surface area contributed by atoms with Crippen LogP contribution in [0.15, 0.2) is 185 Å². The van der Waals surface area contributed by atoms with E-state index in [0.717, 1.165) is 82.8 Å². The Bertz CT molecular complexity index is 3470. The number of fused-ring (bicyclic) bond motifs is 9. The van der Waals surface area contributed by atoms with Crippen LogP contribution in [0, 0.1) is 0 Å². The van der Waals surface area contributed by atoms with E-state index in [1.807, 2.05) is 84.9 Å². The number of aromatic nitrogens is 3. The smallest absolute Gasteiger partial charge is 0.164 e. The van der Waals surface area contributed by atoms with Crippen molar-refractivity contribution in [1.29, 1.82) is 0 Å². The number of benzene rings is 8. The summed E-state index contributed by atoms with van der Waals surface area (Å²) in [4.78, 5) is 14.9. The molecule has 0 bridgehead atoms. The molecule has 0 fully saturated rings. The number of furan rings is 2. The molecule has 0 unspecified atom stereocenters. The Balaban J connectivity index is 1.02. The summed E-state index contributed by atoms with van der Waals surface area (Å²) in [5.41, 5.74) is 10.6. The van der Waals surface area contributed by atoms with Gasteiger partial charge in [0.15, 0.2) is 17.5 Å². The van der Waals surface area contributed by atoms with Gasteiger partial charge < -0.3 is 8.83 Å². The van der Waals surface area contributed by atoms with E-state index in [-0.39, 0.29) is 0 Å². The molecule has 0 saturated carbocycles. The first-order valence-corrected chi connectivity index (χ1v) is 19.7. The summed E-state index contributed by atoms with van der Waals surface area (Å²) >= 11 is 1.78. The fraction of sp³-hybridized carbons (Fsp3) is 0. The number of hydrogen-bond donors (Lipinski definition) is 0. The van der Waals surface area contributed by atoms with Gasteiger partial charge in [0, 0.05) is 69.5 Å². The maximum Gasteiger partial charge on any atom is 0.164 e. The average Bonchev–Trinajstić information content (AvgIpc) is 3.97. The molecule has 4 heterocycles. The molecule has 4 aromatic heterocycles. The van der Waals surface area contributed by atoms with Gasteiger partial charge in [0.05, 0.1) is 0 Å². The maximum atomic E-state index is 6.65. The highest BCUT2D eigenvalue weighted by atomic mass is 32.1. The number of para-hydroxylation sites is 3. The molecule has 12 aromatic rings. The van der Waals surface area contributed by atoms with Crippen LogP contribution in [-0.4, -0.2) is 15.0 Å². The number of hydrogen-bond acceptors (Lipinski definition) is 6. The molecule has 5 nitrogen and oxygen atoms in total. The minimum Gasteiger partial charge on any atom is -0.455 e. The van der Waals surface area contributed by atoms with Gasteiger partial charge >= 0.3 is 0 Å². The van der Waals surface area contributed by atoms with Crippen molar-refractivity contribution in [2.75, 3.05) is 0 Å². The molecule has 0 saturated heterocycles. The molecule has 0 amide bonds. The molecule has 0 aliphatic rings. The first kappa shape index (κ1) is 31.9. The number of rotatable bonds is 5. The van der Waals surface area contributed by atoms with Gasteiger partial charge in [0.2, 0.25) is 0 Å². The highest BCUT2D eigenvalue weighted by Crippen LogP contribution is 2.44. The first-order valence-electron chi connectivity index (χ1n) is 18.9. The molecule has 0 aliphatic heterocycles. The summed E-state index contributed by atoms with van der Waals surface area (Å²) in [6, 6.07) is 61.0. The Kier molecular flexibility index (Phi) is 7.03. The Morgan fingerprint density at radius 3 is 1.58 bits per heavy atom. The van der Waals surface area contributed by atoms with Gasteiger partial charge in [-0.2, -0.15) is 0 Å². The predicted octanol–water partition coefficient (Wildman–Crippen LogP) is 14.4. The summed E-state index contributed by atoms with van der Waals surface area (Å²) in [5.74, 6) is 1.94. The zero-order valence-corrected chi connectivity index (χ0v) is 31.1. The van der Waals surface area contributed by atoms with Gasteiger partial charge in [-0.25, -0.2) is 15.0 Å². The van der Waals surface area contributed by atoms with Crippen molar-refractivity contribution in [3.8, 4) is 56.4 Å². The molecule has 0 spiro atoms. The molecule has 12 rings (SSSR count). The van der Waals surface area contributed by atoms with Crippen LogP contribution in [0.3, 0.4) is 0 Å². The van der Waals surface area contributed by atoms with Crippen molar-refractivity contribution >= 4 is 75.4 Å². The van der Waals surface area contributed by atoms with Gasteiger partial charge in [0.1, 0.15) is 22.3 Å².